The fraction of sp³-hybridized carbons (Fsp3) is 0.929. The first kappa shape index (κ1) is 13.8. The van der Waals surface area contributed by atoms with Crippen LogP contribution in [0.4, 0.5) is 0 Å². The van der Waals surface area contributed by atoms with E-state index < -0.39 is 0 Å². The third kappa shape index (κ3) is 2.86. The molecule has 0 aliphatic carbocycles. The van der Waals surface area contributed by atoms with Crippen molar-refractivity contribution in [2.24, 2.45) is 0 Å². The summed E-state index contributed by atoms with van der Waals surface area (Å²) in [5.41, 5.74) is -0.0646. The third-order valence-corrected chi connectivity index (χ3v) is 4.47. The molecule has 4 heteroatoms. The molecule has 2 heterocycles. The van der Waals surface area contributed by atoms with Gasteiger partial charge in [-0.1, -0.05) is 0 Å². The van der Waals surface area contributed by atoms with Crippen molar-refractivity contribution in [3.05, 3.63) is 0 Å². The average molecular weight is 254 g/mol. The molecule has 2 saturated heterocycles. The van der Waals surface area contributed by atoms with Gasteiger partial charge in [0, 0.05) is 25.2 Å². The van der Waals surface area contributed by atoms with Gasteiger partial charge in [-0.2, -0.15) is 0 Å². The lowest BCUT2D eigenvalue weighted by atomic mass is 9.93. The van der Waals surface area contributed by atoms with Gasteiger partial charge in [-0.3, -0.25) is 10.1 Å². The molecule has 0 aromatic carbocycles. The molecule has 1 amide bonds. The van der Waals surface area contributed by atoms with E-state index in [0.717, 1.165) is 39.0 Å². The Balaban J connectivity index is 1.90. The Hall–Kier alpha value is -0.610. The molecule has 0 bridgehead atoms. The van der Waals surface area contributed by atoms with Crippen molar-refractivity contribution in [2.75, 3.05) is 19.7 Å². The number of hydrogen-bond acceptors (Lipinski definition) is 3. The van der Waals surface area contributed by atoms with E-state index in [9.17, 15) is 4.79 Å². The number of rotatable bonds is 3. The Kier molecular flexibility index (Phi) is 4.28. The van der Waals surface area contributed by atoms with Gasteiger partial charge in [0.25, 0.3) is 0 Å². The topological polar surface area (TPSA) is 41.6 Å². The number of likely N-dealkylation sites (tertiary alicyclic amines) is 1. The monoisotopic (exact) mass is 254 g/mol. The van der Waals surface area contributed by atoms with Crippen LogP contribution >= 0.6 is 0 Å². The van der Waals surface area contributed by atoms with Crippen LogP contribution in [-0.4, -0.2) is 48.2 Å². The first-order valence-electron chi connectivity index (χ1n) is 7.21. The summed E-state index contributed by atoms with van der Waals surface area (Å²) in [7, 11) is 0. The third-order valence-electron chi connectivity index (χ3n) is 4.47. The average Bonchev–Trinajstić information content (AvgIpc) is 2.69. The van der Waals surface area contributed by atoms with E-state index in [-0.39, 0.29) is 23.6 Å². The summed E-state index contributed by atoms with van der Waals surface area (Å²) >= 11 is 0. The highest BCUT2D eigenvalue weighted by Gasteiger charge is 2.39. The number of ether oxygens (including phenoxy) is 1. The van der Waals surface area contributed by atoms with E-state index in [1.165, 1.54) is 6.42 Å². The maximum atomic E-state index is 12.4. The molecule has 4 nitrogen and oxygen atoms in total. The van der Waals surface area contributed by atoms with E-state index in [1.807, 2.05) is 11.8 Å². The van der Waals surface area contributed by atoms with Crippen molar-refractivity contribution >= 4 is 5.91 Å². The predicted molar refractivity (Wildman–Crippen MR) is 71.5 cm³/mol. The molecular weight excluding hydrogens is 228 g/mol. The Morgan fingerprint density at radius 3 is 2.61 bits per heavy atom. The number of nitrogens with zero attached hydrogens (tertiary/aromatic N) is 1. The molecule has 0 radical (unpaired) electrons. The minimum atomic E-state index is -0.114. The van der Waals surface area contributed by atoms with Crippen molar-refractivity contribution < 1.29 is 9.53 Å². The first-order chi connectivity index (χ1) is 8.53. The zero-order valence-electron chi connectivity index (χ0n) is 11.9. The summed E-state index contributed by atoms with van der Waals surface area (Å²) in [6.45, 7) is 8.85. The minimum Gasteiger partial charge on any atom is -0.377 e. The molecule has 0 aromatic rings. The van der Waals surface area contributed by atoms with Crippen LogP contribution < -0.4 is 5.32 Å². The van der Waals surface area contributed by atoms with Crippen LogP contribution in [-0.2, 0) is 9.53 Å². The second-order valence-electron chi connectivity index (χ2n) is 5.93. The van der Waals surface area contributed by atoms with Crippen molar-refractivity contribution in [3.63, 3.8) is 0 Å². The van der Waals surface area contributed by atoms with E-state index >= 15 is 0 Å². The quantitative estimate of drug-likeness (QED) is 0.831. The molecule has 1 N–H and O–H groups in total. The van der Waals surface area contributed by atoms with Crippen LogP contribution in [0.5, 0.6) is 0 Å². The van der Waals surface area contributed by atoms with Gasteiger partial charge in [0.05, 0.1) is 12.1 Å². The lowest BCUT2D eigenvalue weighted by Crippen LogP contribution is -2.57. The zero-order valence-corrected chi connectivity index (χ0v) is 11.9. The van der Waals surface area contributed by atoms with Crippen molar-refractivity contribution in [1.82, 2.24) is 10.2 Å². The highest BCUT2D eigenvalue weighted by Crippen LogP contribution is 2.26. The number of carbonyl (C=O) groups excluding carboxylic acids is 1. The Morgan fingerprint density at radius 1 is 1.39 bits per heavy atom. The standard InChI is InChI=1S/C14H26N2O2/c1-11(13(17)16-8-5-4-6-9-16)15-14(3)7-10-18-12(14)2/h11-12,15H,4-10H2,1-3H3. The second-order valence-corrected chi connectivity index (χ2v) is 5.93. The molecule has 3 atom stereocenters. The molecule has 0 saturated carbocycles. The second kappa shape index (κ2) is 5.57. The van der Waals surface area contributed by atoms with Crippen LogP contribution in [0.25, 0.3) is 0 Å². The molecule has 0 aromatic heterocycles. The molecule has 2 aliphatic heterocycles. The first-order valence-corrected chi connectivity index (χ1v) is 7.21. The molecule has 2 rings (SSSR count). The van der Waals surface area contributed by atoms with Gasteiger partial charge >= 0.3 is 0 Å². The van der Waals surface area contributed by atoms with E-state index in [0.29, 0.717) is 0 Å². The smallest absolute Gasteiger partial charge is 0.239 e. The number of nitrogens with one attached hydrogen (secondary N) is 1. The number of carbonyl (C=O) groups is 1. The van der Waals surface area contributed by atoms with Crippen LogP contribution in [0.2, 0.25) is 0 Å². The Bertz CT molecular complexity index is 302. The minimum absolute atomic E-state index is 0.0646. The molecular formula is C14H26N2O2. The normalized spacial score (nSPS) is 34.6. The SMILES string of the molecule is CC(NC1(C)CCOC1C)C(=O)N1CCCCC1. The zero-order chi connectivity index (χ0) is 13.2. The summed E-state index contributed by atoms with van der Waals surface area (Å²) < 4.78 is 5.61. The summed E-state index contributed by atoms with van der Waals surface area (Å²) in [6, 6.07) is -0.114. The number of piperidine rings is 1. The molecule has 3 unspecified atom stereocenters. The van der Waals surface area contributed by atoms with Gasteiger partial charge in [0.15, 0.2) is 0 Å². The van der Waals surface area contributed by atoms with Gasteiger partial charge in [-0.05, 0) is 46.5 Å². The maximum Gasteiger partial charge on any atom is 0.239 e. The summed E-state index contributed by atoms with van der Waals surface area (Å²) in [5, 5.41) is 3.49. The van der Waals surface area contributed by atoms with Crippen molar-refractivity contribution in [3.8, 4) is 0 Å². The van der Waals surface area contributed by atoms with Crippen LogP contribution in [0.3, 0.4) is 0 Å². The molecule has 0 spiro atoms. The van der Waals surface area contributed by atoms with Gasteiger partial charge in [0.2, 0.25) is 5.91 Å². The molecule has 2 fully saturated rings. The largest absolute Gasteiger partial charge is 0.377 e. The Labute approximate surface area is 110 Å². The number of hydrogen-bond donors (Lipinski definition) is 1. The van der Waals surface area contributed by atoms with Crippen LogP contribution in [0.1, 0.15) is 46.5 Å². The van der Waals surface area contributed by atoms with Crippen LogP contribution in [0, 0.1) is 0 Å². The highest BCUT2D eigenvalue weighted by molar-refractivity contribution is 5.81. The molecule has 18 heavy (non-hydrogen) atoms. The fourth-order valence-corrected chi connectivity index (χ4v) is 2.97. The lowest BCUT2D eigenvalue weighted by Gasteiger charge is -2.35. The summed E-state index contributed by atoms with van der Waals surface area (Å²) in [5.74, 6) is 0.245. The van der Waals surface area contributed by atoms with E-state index in [4.69, 9.17) is 4.74 Å². The fourth-order valence-electron chi connectivity index (χ4n) is 2.97. The van der Waals surface area contributed by atoms with Gasteiger partial charge < -0.3 is 9.64 Å². The van der Waals surface area contributed by atoms with Crippen molar-refractivity contribution in [1.29, 1.82) is 0 Å². The Morgan fingerprint density at radius 2 is 2.06 bits per heavy atom. The van der Waals surface area contributed by atoms with E-state index in [1.54, 1.807) is 0 Å². The van der Waals surface area contributed by atoms with Gasteiger partial charge in [-0.15, -0.1) is 0 Å². The lowest BCUT2D eigenvalue weighted by molar-refractivity contribution is -0.134. The van der Waals surface area contributed by atoms with Gasteiger partial charge in [0.1, 0.15) is 0 Å². The highest BCUT2D eigenvalue weighted by atomic mass is 16.5. The molecule has 2 aliphatic rings. The summed E-state index contributed by atoms with van der Waals surface area (Å²) in [4.78, 5) is 14.4. The van der Waals surface area contributed by atoms with Crippen LogP contribution in [0.15, 0.2) is 0 Å². The van der Waals surface area contributed by atoms with Gasteiger partial charge in [-0.25, -0.2) is 0 Å². The van der Waals surface area contributed by atoms with E-state index in [2.05, 4.69) is 19.2 Å². The number of amides is 1. The maximum absolute atomic E-state index is 12.4. The summed E-state index contributed by atoms with van der Waals surface area (Å²) in [6.07, 6.45) is 4.71. The molecule has 104 valence electrons. The predicted octanol–water partition coefficient (Wildman–Crippen LogP) is 1.54. The van der Waals surface area contributed by atoms with Crippen molar-refractivity contribution in [2.45, 2.75) is 64.1 Å².